The highest BCUT2D eigenvalue weighted by Crippen LogP contribution is 2.43. The van der Waals surface area contributed by atoms with Crippen molar-refractivity contribution in [3.63, 3.8) is 0 Å². The van der Waals surface area contributed by atoms with Crippen molar-refractivity contribution in [1.29, 1.82) is 5.26 Å². The smallest absolute Gasteiger partial charge is 0.349 e. The molecule has 3 aromatic rings. The zero-order valence-corrected chi connectivity index (χ0v) is 22.4. The fourth-order valence-electron chi connectivity index (χ4n) is 4.43. The fraction of sp³-hybridized carbons (Fsp3) is 0.312. The van der Waals surface area contributed by atoms with Gasteiger partial charge in [-0.25, -0.2) is 4.79 Å². The Hall–Kier alpha value is -4.44. The third kappa shape index (κ3) is 7.32. The minimum absolute atomic E-state index is 0.0218. The average molecular weight is 527 g/mol. The van der Waals surface area contributed by atoms with Crippen molar-refractivity contribution in [2.75, 3.05) is 13.2 Å². The summed E-state index contributed by atoms with van der Waals surface area (Å²) in [5, 5.41) is 9.84. The number of carbonyl (C=O) groups excluding carboxylic acids is 1. The summed E-state index contributed by atoms with van der Waals surface area (Å²) in [6, 6.07) is 22.3. The Morgan fingerprint density at radius 2 is 1.59 bits per heavy atom. The van der Waals surface area contributed by atoms with Crippen LogP contribution < -0.4 is 24.7 Å². The first-order chi connectivity index (χ1) is 19.0. The third-order valence-corrected chi connectivity index (χ3v) is 6.53. The van der Waals surface area contributed by atoms with E-state index in [9.17, 15) is 10.1 Å². The standard InChI is InChI=1S/C32H34N2O5/c1-3-4-5-6-7-18-36-24-14-10-23(11-15-24)31-27-17-16-26(19-29(27)39-32(34)28(31)20-33)38-30(35)21-37-25-12-8-22(2)9-13-25/h8-17,19,31H,3-7,18,21,34H2,1-2H3. The van der Waals surface area contributed by atoms with Crippen LogP contribution in [0.2, 0.25) is 0 Å². The summed E-state index contributed by atoms with van der Waals surface area (Å²) in [5.74, 6) is 1.14. The van der Waals surface area contributed by atoms with E-state index in [1.54, 1.807) is 30.3 Å². The number of unbranched alkanes of at least 4 members (excludes halogenated alkanes) is 4. The zero-order chi connectivity index (χ0) is 27.6. The van der Waals surface area contributed by atoms with Crippen molar-refractivity contribution in [3.05, 3.63) is 94.9 Å². The van der Waals surface area contributed by atoms with Gasteiger partial charge in [-0.2, -0.15) is 5.26 Å². The Morgan fingerprint density at radius 3 is 2.31 bits per heavy atom. The highest BCUT2D eigenvalue weighted by Gasteiger charge is 2.31. The van der Waals surface area contributed by atoms with Gasteiger partial charge < -0.3 is 24.7 Å². The Kier molecular flexibility index (Phi) is 9.47. The minimum atomic E-state index is -0.551. The zero-order valence-electron chi connectivity index (χ0n) is 22.4. The van der Waals surface area contributed by atoms with Crippen LogP contribution in [0, 0.1) is 18.3 Å². The van der Waals surface area contributed by atoms with E-state index in [1.165, 1.54) is 19.3 Å². The van der Waals surface area contributed by atoms with Gasteiger partial charge in [-0.3, -0.25) is 0 Å². The molecule has 0 bridgehead atoms. The van der Waals surface area contributed by atoms with E-state index >= 15 is 0 Å². The molecule has 1 unspecified atom stereocenters. The second-order valence-electron chi connectivity index (χ2n) is 9.53. The number of hydrogen-bond acceptors (Lipinski definition) is 7. The lowest BCUT2D eigenvalue weighted by Crippen LogP contribution is -2.21. The molecule has 1 aliphatic rings. The van der Waals surface area contributed by atoms with Crippen LogP contribution >= 0.6 is 0 Å². The fourth-order valence-corrected chi connectivity index (χ4v) is 4.43. The predicted octanol–water partition coefficient (Wildman–Crippen LogP) is 6.55. The summed E-state index contributed by atoms with van der Waals surface area (Å²) in [6.45, 7) is 4.62. The van der Waals surface area contributed by atoms with Gasteiger partial charge in [0, 0.05) is 11.6 Å². The van der Waals surface area contributed by atoms with Gasteiger partial charge >= 0.3 is 5.97 Å². The van der Waals surface area contributed by atoms with E-state index in [-0.39, 0.29) is 12.5 Å². The van der Waals surface area contributed by atoms with Gasteiger partial charge in [0.05, 0.1) is 12.5 Å². The van der Waals surface area contributed by atoms with Gasteiger partial charge in [0.15, 0.2) is 6.61 Å². The number of allylic oxidation sites excluding steroid dienone is 1. The van der Waals surface area contributed by atoms with Crippen molar-refractivity contribution >= 4 is 5.97 Å². The molecule has 1 atom stereocenters. The molecule has 1 aliphatic heterocycles. The first-order valence-electron chi connectivity index (χ1n) is 13.3. The molecular formula is C32H34N2O5. The van der Waals surface area contributed by atoms with Crippen LogP contribution in [-0.4, -0.2) is 19.2 Å². The number of carbonyl (C=O) groups is 1. The Balaban J connectivity index is 1.43. The predicted molar refractivity (Wildman–Crippen MR) is 149 cm³/mol. The number of hydrogen-bond donors (Lipinski definition) is 1. The molecule has 4 rings (SSSR count). The van der Waals surface area contributed by atoms with Crippen LogP contribution in [0.15, 0.2) is 78.2 Å². The quantitative estimate of drug-likeness (QED) is 0.162. The van der Waals surface area contributed by atoms with Crippen molar-refractivity contribution in [2.24, 2.45) is 5.73 Å². The number of benzene rings is 3. The number of nitrogens with two attached hydrogens (primary N) is 1. The molecule has 2 N–H and O–H groups in total. The van der Waals surface area contributed by atoms with E-state index in [2.05, 4.69) is 13.0 Å². The molecule has 0 fully saturated rings. The SMILES string of the molecule is CCCCCCCOc1ccc(C2C(C#N)=C(N)Oc3cc(OC(=O)COc4ccc(C)cc4)ccc32)cc1. The average Bonchev–Trinajstić information content (AvgIpc) is 2.94. The van der Waals surface area contributed by atoms with E-state index in [4.69, 9.17) is 24.7 Å². The van der Waals surface area contributed by atoms with Gasteiger partial charge in [0.1, 0.15) is 34.6 Å². The van der Waals surface area contributed by atoms with Crippen molar-refractivity contribution < 1.29 is 23.7 Å². The summed E-state index contributed by atoms with van der Waals surface area (Å²) in [4.78, 5) is 12.4. The number of nitriles is 1. The van der Waals surface area contributed by atoms with Crippen LogP contribution in [0.1, 0.15) is 61.6 Å². The van der Waals surface area contributed by atoms with Gasteiger partial charge in [0.25, 0.3) is 0 Å². The highest BCUT2D eigenvalue weighted by atomic mass is 16.6. The third-order valence-electron chi connectivity index (χ3n) is 6.53. The van der Waals surface area contributed by atoms with Crippen molar-refractivity contribution in [1.82, 2.24) is 0 Å². The molecule has 7 heteroatoms. The molecule has 0 saturated carbocycles. The van der Waals surface area contributed by atoms with Crippen LogP contribution in [0.4, 0.5) is 0 Å². The van der Waals surface area contributed by atoms with Gasteiger partial charge in [0.2, 0.25) is 5.88 Å². The lowest BCUT2D eigenvalue weighted by Gasteiger charge is -2.26. The molecule has 3 aromatic carbocycles. The molecule has 0 aromatic heterocycles. The summed E-state index contributed by atoms with van der Waals surface area (Å²) in [6.07, 6.45) is 5.90. The minimum Gasteiger partial charge on any atom is -0.494 e. The lowest BCUT2D eigenvalue weighted by atomic mass is 9.83. The van der Waals surface area contributed by atoms with Crippen LogP contribution in [0.5, 0.6) is 23.0 Å². The largest absolute Gasteiger partial charge is 0.494 e. The van der Waals surface area contributed by atoms with Crippen LogP contribution in [0.25, 0.3) is 0 Å². The molecule has 39 heavy (non-hydrogen) atoms. The summed E-state index contributed by atoms with van der Waals surface area (Å²) < 4.78 is 22.6. The topological polar surface area (TPSA) is 104 Å². The van der Waals surface area contributed by atoms with E-state index in [1.807, 2.05) is 43.3 Å². The van der Waals surface area contributed by atoms with Gasteiger partial charge in [-0.1, -0.05) is 68.5 Å². The highest BCUT2D eigenvalue weighted by molar-refractivity contribution is 5.74. The number of nitrogens with zero attached hydrogens (tertiary/aromatic N) is 1. The van der Waals surface area contributed by atoms with Crippen molar-refractivity contribution in [3.8, 4) is 29.1 Å². The molecule has 0 saturated heterocycles. The molecule has 202 valence electrons. The Morgan fingerprint density at radius 1 is 0.923 bits per heavy atom. The van der Waals surface area contributed by atoms with E-state index in [0.29, 0.717) is 29.4 Å². The molecule has 0 radical (unpaired) electrons. The Bertz CT molecular complexity index is 1340. The van der Waals surface area contributed by atoms with Gasteiger partial charge in [-0.15, -0.1) is 0 Å². The first-order valence-corrected chi connectivity index (χ1v) is 13.3. The van der Waals surface area contributed by atoms with E-state index in [0.717, 1.165) is 35.3 Å². The number of esters is 1. The number of fused-ring (bicyclic) bond motifs is 1. The first kappa shape index (κ1) is 27.6. The number of rotatable bonds is 12. The van der Waals surface area contributed by atoms with Crippen LogP contribution in [-0.2, 0) is 4.79 Å². The molecule has 0 aliphatic carbocycles. The molecule has 0 amide bonds. The van der Waals surface area contributed by atoms with Crippen LogP contribution in [0.3, 0.4) is 0 Å². The summed E-state index contributed by atoms with van der Waals surface area (Å²) >= 11 is 0. The Labute approximate surface area is 229 Å². The maximum absolute atomic E-state index is 12.4. The molecule has 0 spiro atoms. The summed E-state index contributed by atoms with van der Waals surface area (Å²) in [7, 11) is 0. The molecular weight excluding hydrogens is 492 g/mol. The maximum Gasteiger partial charge on any atom is 0.349 e. The monoisotopic (exact) mass is 526 g/mol. The normalized spacial score (nSPS) is 14.1. The van der Waals surface area contributed by atoms with Crippen molar-refractivity contribution in [2.45, 2.75) is 51.9 Å². The lowest BCUT2D eigenvalue weighted by molar-refractivity contribution is -0.136. The second-order valence-corrected chi connectivity index (χ2v) is 9.53. The number of ether oxygens (including phenoxy) is 4. The molecule has 1 heterocycles. The second kappa shape index (κ2) is 13.4. The van der Waals surface area contributed by atoms with Gasteiger partial charge in [-0.05, 0) is 49.2 Å². The van der Waals surface area contributed by atoms with E-state index < -0.39 is 11.9 Å². The maximum atomic E-state index is 12.4. The summed E-state index contributed by atoms with van der Waals surface area (Å²) in [5.41, 5.74) is 9.19. The number of aryl methyl sites for hydroxylation is 1. The molecule has 7 nitrogen and oxygen atoms in total.